The molecular weight excluding hydrogens is 412 g/mol. The van der Waals surface area contributed by atoms with Crippen molar-refractivity contribution in [3.63, 3.8) is 0 Å². The van der Waals surface area contributed by atoms with E-state index in [0.29, 0.717) is 48.4 Å². The number of nitrogens with two attached hydrogens (primary N) is 1. The summed E-state index contributed by atoms with van der Waals surface area (Å²) in [5.74, 6) is -0.0205. The molecule has 162 valence electrons. The smallest absolute Gasteiger partial charge is 0.261 e. The van der Waals surface area contributed by atoms with Crippen LogP contribution in [-0.2, 0) is 10.1 Å². The van der Waals surface area contributed by atoms with E-state index in [9.17, 15) is 14.7 Å². The van der Waals surface area contributed by atoms with Gasteiger partial charge < -0.3 is 20.1 Å². The van der Waals surface area contributed by atoms with E-state index in [1.165, 1.54) is 11.0 Å². The number of anilines is 1. The van der Waals surface area contributed by atoms with Crippen molar-refractivity contribution in [1.29, 1.82) is 0 Å². The molecule has 10 heteroatoms. The molecule has 2 amide bonds. The van der Waals surface area contributed by atoms with Gasteiger partial charge in [-0.25, -0.2) is 8.42 Å². The molecule has 3 rings (SSSR count). The van der Waals surface area contributed by atoms with Crippen LogP contribution in [-0.4, -0.2) is 54.2 Å². The van der Waals surface area contributed by atoms with Crippen LogP contribution in [0.1, 0.15) is 40.0 Å². The van der Waals surface area contributed by atoms with Gasteiger partial charge in [-0.1, -0.05) is 12.1 Å². The largest absolute Gasteiger partial charge is 0.748 e. The number of hydrogen-bond acceptors (Lipinski definition) is 8. The minimum atomic E-state index is -3.92. The molecule has 1 aliphatic rings. The lowest BCUT2D eigenvalue weighted by molar-refractivity contribution is 0.0651. The third-order valence-electron chi connectivity index (χ3n) is 4.14. The van der Waals surface area contributed by atoms with Gasteiger partial charge in [0.05, 0.1) is 27.9 Å². The summed E-state index contributed by atoms with van der Waals surface area (Å²) in [5.41, 5.74) is 7.00. The average molecular weight is 435 g/mol. The number of ether oxygens (including phenoxy) is 1. The second kappa shape index (κ2) is 10.1. The zero-order valence-corrected chi connectivity index (χ0v) is 17.2. The molecule has 0 unspecified atom stereocenters. The second-order valence-corrected chi connectivity index (χ2v) is 8.06. The van der Waals surface area contributed by atoms with Gasteiger partial charge in [-0.15, -0.1) is 0 Å². The Labute approximate surface area is 174 Å². The number of fused-ring (bicyclic) bond motifs is 1. The molecule has 2 aromatic rings. The predicted octanol–water partition coefficient (Wildman–Crippen LogP) is 1.98. The van der Waals surface area contributed by atoms with E-state index in [2.05, 4.69) is 0 Å². The summed E-state index contributed by atoms with van der Waals surface area (Å²) in [6, 6.07) is 11.6. The zero-order valence-electron chi connectivity index (χ0n) is 16.4. The maximum atomic E-state index is 12.2. The van der Waals surface area contributed by atoms with E-state index in [4.69, 9.17) is 23.4 Å². The number of hydrogen-bond donors (Lipinski definition) is 2. The number of phenolic OH excluding ortho intramolecular Hbond substituents is 1. The van der Waals surface area contributed by atoms with Crippen molar-refractivity contribution in [2.24, 2.45) is 0 Å². The molecule has 0 saturated heterocycles. The first-order valence-electron chi connectivity index (χ1n) is 9.15. The van der Waals surface area contributed by atoms with Gasteiger partial charge in [0.15, 0.2) is 11.5 Å². The fourth-order valence-corrected chi connectivity index (χ4v) is 2.83. The van der Waals surface area contributed by atoms with Gasteiger partial charge in [0.25, 0.3) is 11.8 Å². The number of imide groups is 1. The van der Waals surface area contributed by atoms with Gasteiger partial charge in [0, 0.05) is 24.6 Å². The van der Waals surface area contributed by atoms with E-state index < -0.39 is 10.1 Å². The first-order valence-corrected chi connectivity index (χ1v) is 11.0. The summed E-state index contributed by atoms with van der Waals surface area (Å²) in [6.07, 6.45) is 2.88. The molecule has 0 radical (unpaired) electrons. The third-order valence-corrected chi connectivity index (χ3v) is 4.14. The van der Waals surface area contributed by atoms with Crippen LogP contribution in [0, 0.1) is 0 Å². The van der Waals surface area contributed by atoms with Gasteiger partial charge in [-0.05, 0) is 43.5 Å². The lowest BCUT2D eigenvalue weighted by Crippen LogP contribution is -2.30. The van der Waals surface area contributed by atoms with Crippen molar-refractivity contribution < 1.29 is 32.4 Å². The van der Waals surface area contributed by atoms with E-state index in [1.54, 1.807) is 36.4 Å². The lowest BCUT2D eigenvalue weighted by atomic mass is 10.1. The highest BCUT2D eigenvalue weighted by Crippen LogP contribution is 2.28. The van der Waals surface area contributed by atoms with Crippen molar-refractivity contribution >= 4 is 27.6 Å². The Morgan fingerprint density at radius 2 is 1.60 bits per heavy atom. The van der Waals surface area contributed by atoms with Crippen LogP contribution in [0.2, 0.25) is 0 Å². The highest BCUT2D eigenvalue weighted by molar-refractivity contribution is 7.84. The zero-order chi connectivity index (χ0) is 22.3. The number of phenols is 1. The standard InChI is InChI=1S/C19H20N2O4.CH4O3S/c20-13-8-9-17(16(22)12-13)25-11-5-1-4-10-21-18(23)14-6-2-3-7-15(14)19(21)24;1-5(2,3)4/h2-3,6-9,12,22H,1,4-5,10-11,20H2;1H3,(H,2,3,4)/p-1. The molecular formula is C20H23N2O7S-. The average Bonchev–Trinajstić information content (AvgIpc) is 2.89. The molecule has 0 bridgehead atoms. The highest BCUT2D eigenvalue weighted by Gasteiger charge is 2.34. The molecule has 1 heterocycles. The van der Waals surface area contributed by atoms with Crippen molar-refractivity contribution in [1.82, 2.24) is 4.90 Å². The van der Waals surface area contributed by atoms with Gasteiger partial charge in [0.2, 0.25) is 0 Å². The quantitative estimate of drug-likeness (QED) is 0.290. The summed E-state index contributed by atoms with van der Waals surface area (Å²) in [4.78, 5) is 25.7. The predicted molar refractivity (Wildman–Crippen MR) is 109 cm³/mol. The molecule has 0 fully saturated rings. The van der Waals surface area contributed by atoms with Crippen LogP contribution in [0.5, 0.6) is 11.5 Å². The normalized spacial score (nSPS) is 12.9. The summed E-state index contributed by atoms with van der Waals surface area (Å²) in [6.45, 7) is 0.846. The maximum absolute atomic E-state index is 12.2. The number of carbonyl (C=O) groups excluding carboxylic acids is 2. The van der Waals surface area contributed by atoms with Gasteiger partial charge >= 0.3 is 0 Å². The van der Waals surface area contributed by atoms with Crippen molar-refractivity contribution in [2.75, 3.05) is 25.1 Å². The molecule has 0 spiro atoms. The Hall–Kier alpha value is -3.11. The monoisotopic (exact) mass is 435 g/mol. The van der Waals surface area contributed by atoms with Crippen LogP contribution in [0.15, 0.2) is 42.5 Å². The highest BCUT2D eigenvalue weighted by atomic mass is 32.2. The fourth-order valence-electron chi connectivity index (χ4n) is 2.83. The Kier molecular flexibility index (Phi) is 7.79. The molecule has 30 heavy (non-hydrogen) atoms. The van der Waals surface area contributed by atoms with Crippen molar-refractivity contribution in [2.45, 2.75) is 19.3 Å². The summed E-state index contributed by atoms with van der Waals surface area (Å²) < 4.78 is 32.7. The third kappa shape index (κ3) is 6.75. The number of benzene rings is 2. The summed E-state index contributed by atoms with van der Waals surface area (Å²) >= 11 is 0. The second-order valence-electron chi connectivity index (χ2n) is 6.65. The van der Waals surface area contributed by atoms with Crippen LogP contribution in [0.4, 0.5) is 5.69 Å². The molecule has 0 aromatic heterocycles. The number of aromatic hydroxyl groups is 1. The van der Waals surface area contributed by atoms with Crippen LogP contribution in [0.25, 0.3) is 0 Å². The van der Waals surface area contributed by atoms with E-state index in [-0.39, 0.29) is 17.6 Å². The molecule has 1 aliphatic heterocycles. The Bertz CT molecular complexity index is 979. The number of nitrogens with zero attached hydrogens (tertiary/aromatic N) is 1. The lowest BCUT2D eigenvalue weighted by Gasteiger charge is -2.13. The minimum Gasteiger partial charge on any atom is -0.748 e. The molecule has 0 aliphatic carbocycles. The summed E-state index contributed by atoms with van der Waals surface area (Å²) in [7, 11) is -3.92. The number of carbonyl (C=O) groups is 2. The van der Waals surface area contributed by atoms with Crippen molar-refractivity contribution in [3.8, 4) is 11.5 Å². The van der Waals surface area contributed by atoms with Crippen molar-refractivity contribution in [3.05, 3.63) is 53.6 Å². The number of rotatable bonds is 7. The SMILES string of the molecule is CS(=O)(=O)[O-].Nc1ccc(OCCCCCN2C(=O)c3ccccc3C2=O)c(O)c1. The first kappa shape index (κ1) is 23.2. The van der Waals surface area contributed by atoms with Gasteiger partial charge in [-0.2, -0.15) is 0 Å². The first-order chi connectivity index (χ1) is 14.1. The molecule has 3 N–H and O–H groups in total. The molecule has 0 atom stereocenters. The van der Waals surface area contributed by atoms with Gasteiger partial charge in [-0.3, -0.25) is 14.5 Å². The minimum absolute atomic E-state index is 0.0195. The number of unbranched alkanes of at least 4 members (excludes halogenated alkanes) is 2. The topological polar surface area (TPSA) is 150 Å². The summed E-state index contributed by atoms with van der Waals surface area (Å²) in [5, 5.41) is 9.70. The maximum Gasteiger partial charge on any atom is 0.261 e. The molecule has 9 nitrogen and oxygen atoms in total. The Morgan fingerprint density at radius 1 is 1.03 bits per heavy atom. The van der Waals surface area contributed by atoms with E-state index in [0.717, 1.165) is 12.8 Å². The number of amides is 2. The van der Waals surface area contributed by atoms with Crippen LogP contribution < -0.4 is 10.5 Å². The van der Waals surface area contributed by atoms with Gasteiger partial charge in [0.1, 0.15) is 0 Å². The molecule has 0 saturated carbocycles. The van der Waals surface area contributed by atoms with E-state index >= 15 is 0 Å². The number of nitrogen functional groups attached to an aromatic ring is 1. The van der Waals surface area contributed by atoms with Crippen LogP contribution in [0.3, 0.4) is 0 Å². The molecule has 2 aromatic carbocycles. The fraction of sp³-hybridized carbons (Fsp3) is 0.300. The van der Waals surface area contributed by atoms with Crippen LogP contribution >= 0.6 is 0 Å². The Balaban J connectivity index is 0.000000575. The van der Waals surface area contributed by atoms with E-state index in [1.807, 2.05) is 0 Å². The Morgan fingerprint density at radius 3 is 2.13 bits per heavy atom.